The predicted molar refractivity (Wildman–Crippen MR) is 109 cm³/mol. The van der Waals surface area contributed by atoms with E-state index in [4.69, 9.17) is 4.74 Å². The fraction of sp³-hybridized carbons (Fsp3) is 0.333. The number of aryl methyl sites for hydroxylation is 2. The minimum atomic E-state index is -0.618. The second kappa shape index (κ2) is 7.90. The monoisotopic (exact) mass is 393 g/mol. The van der Waals surface area contributed by atoms with Crippen molar-refractivity contribution in [3.8, 4) is 0 Å². The zero-order valence-electron chi connectivity index (χ0n) is 16.5. The fourth-order valence-electron chi connectivity index (χ4n) is 3.59. The van der Waals surface area contributed by atoms with Crippen molar-refractivity contribution >= 4 is 28.9 Å². The van der Waals surface area contributed by atoms with Crippen LogP contribution in [0.1, 0.15) is 34.5 Å². The van der Waals surface area contributed by atoms with Gasteiger partial charge in [-0.1, -0.05) is 0 Å². The summed E-state index contributed by atoms with van der Waals surface area (Å²) in [5.41, 5.74) is 4.02. The molecular formula is C21H23N5O3. The number of nitrogens with zero attached hydrogens (tertiary/aromatic N) is 4. The third kappa shape index (κ3) is 3.91. The van der Waals surface area contributed by atoms with E-state index >= 15 is 0 Å². The average Bonchev–Trinajstić information content (AvgIpc) is 3.35. The van der Waals surface area contributed by atoms with Crippen LogP contribution in [0, 0.1) is 13.8 Å². The van der Waals surface area contributed by atoms with Gasteiger partial charge in [0.1, 0.15) is 5.56 Å². The number of ether oxygens (including phenoxy) is 1. The predicted octanol–water partition coefficient (Wildman–Crippen LogP) is 2.74. The van der Waals surface area contributed by atoms with Crippen LogP contribution in [0.15, 0.2) is 36.7 Å². The number of carbonyl (C=O) groups is 2. The smallest absolute Gasteiger partial charge is 0.344 e. The summed E-state index contributed by atoms with van der Waals surface area (Å²) in [5.74, 6) is -1.01. The molecule has 29 heavy (non-hydrogen) atoms. The molecule has 1 amide bonds. The van der Waals surface area contributed by atoms with Crippen molar-refractivity contribution in [3.63, 3.8) is 0 Å². The minimum Gasteiger partial charge on any atom is -0.452 e. The molecule has 150 valence electrons. The summed E-state index contributed by atoms with van der Waals surface area (Å²) < 4.78 is 6.71. The standard InChI is InChI=1S/C21H23N5O3/c1-14-12-16(25-9-3-4-10-25)6-7-17(14)23-18(27)13-29-21(28)19-15(2)24-26-11-5-8-22-20(19)26/h5-8,11-12H,3-4,9-10,13H2,1-2H3,(H,23,27). The molecule has 0 saturated carbocycles. The highest BCUT2D eigenvalue weighted by Crippen LogP contribution is 2.25. The van der Waals surface area contributed by atoms with Crippen molar-refractivity contribution in [1.82, 2.24) is 14.6 Å². The molecule has 0 aliphatic carbocycles. The van der Waals surface area contributed by atoms with E-state index in [1.54, 1.807) is 25.4 Å². The first kappa shape index (κ1) is 18.9. The summed E-state index contributed by atoms with van der Waals surface area (Å²) in [6, 6.07) is 7.69. The zero-order valence-corrected chi connectivity index (χ0v) is 16.5. The van der Waals surface area contributed by atoms with Gasteiger partial charge < -0.3 is 15.0 Å². The Morgan fingerprint density at radius 1 is 1.21 bits per heavy atom. The fourth-order valence-corrected chi connectivity index (χ4v) is 3.59. The van der Waals surface area contributed by atoms with Crippen LogP contribution < -0.4 is 10.2 Å². The lowest BCUT2D eigenvalue weighted by molar-refractivity contribution is -0.119. The van der Waals surface area contributed by atoms with Gasteiger partial charge in [0.25, 0.3) is 5.91 Å². The molecule has 3 aromatic rings. The molecule has 1 aliphatic heterocycles. The van der Waals surface area contributed by atoms with Crippen LogP contribution in [0.4, 0.5) is 11.4 Å². The molecule has 8 nitrogen and oxygen atoms in total. The Kier molecular flexibility index (Phi) is 5.16. The van der Waals surface area contributed by atoms with Crippen molar-refractivity contribution in [2.45, 2.75) is 26.7 Å². The molecule has 0 spiro atoms. The first-order valence-corrected chi connectivity index (χ1v) is 9.65. The molecule has 0 radical (unpaired) electrons. The number of rotatable bonds is 5. The maximum Gasteiger partial charge on any atom is 0.344 e. The average molecular weight is 393 g/mol. The van der Waals surface area contributed by atoms with Gasteiger partial charge in [0.15, 0.2) is 12.3 Å². The Labute approximate surface area is 168 Å². The third-order valence-electron chi connectivity index (χ3n) is 5.06. The summed E-state index contributed by atoms with van der Waals surface area (Å²) >= 11 is 0. The van der Waals surface area contributed by atoms with Crippen LogP contribution in [0.3, 0.4) is 0 Å². The number of hydrogen-bond acceptors (Lipinski definition) is 6. The number of carbonyl (C=O) groups excluding carboxylic acids is 2. The van der Waals surface area contributed by atoms with Crippen molar-refractivity contribution < 1.29 is 14.3 Å². The van der Waals surface area contributed by atoms with E-state index in [0.717, 1.165) is 18.7 Å². The largest absolute Gasteiger partial charge is 0.452 e. The highest BCUT2D eigenvalue weighted by atomic mass is 16.5. The second-order valence-electron chi connectivity index (χ2n) is 7.17. The highest BCUT2D eigenvalue weighted by Gasteiger charge is 2.21. The second-order valence-corrected chi connectivity index (χ2v) is 7.17. The van der Waals surface area contributed by atoms with Gasteiger partial charge in [0.2, 0.25) is 0 Å². The normalized spacial score (nSPS) is 13.7. The number of fused-ring (bicyclic) bond motifs is 1. The topological polar surface area (TPSA) is 88.8 Å². The van der Waals surface area contributed by atoms with Crippen LogP contribution in [0.5, 0.6) is 0 Å². The molecule has 2 aromatic heterocycles. The van der Waals surface area contributed by atoms with Crippen LogP contribution in [0.25, 0.3) is 5.65 Å². The van der Waals surface area contributed by atoms with E-state index in [-0.39, 0.29) is 12.2 Å². The molecule has 1 aromatic carbocycles. The van der Waals surface area contributed by atoms with E-state index in [9.17, 15) is 9.59 Å². The molecule has 0 unspecified atom stereocenters. The first-order chi connectivity index (χ1) is 14.0. The van der Waals surface area contributed by atoms with Gasteiger partial charge in [-0.15, -0.1) is 0 Å². The van der Waals surface area contributed by atoms with Crippen LogP contribution in [-0.4, -0.2) is 46.2 Å². The van der Waals surface area contributed by atoms with E-state index in [0.29, 0.717) is 17.0 Å². The van der Waals surface area contributed by atoms with Gasteiger partial charge in [0, 0.05) is 36.9 Å². The molecule has 4 rings (SSSR count). The van der Waals surface area contributed by atoms with E-state index in [1.807, 2.05) is 19.1 Å². The van der Waals surface area contributed by atoms with E-state index in [1.165, 1.54) is 23.0 Å². The Hall–Kier alpha value is -3.42. The number of benzene rings is 1. The van der Waals surface area contributed by atoms with Gasteiger partial charge in [-0.2, -0.15) is 5.10 Å². The van der Waals surface area contributed by atoms with Crippen molar-refractivity contribution in [2.24, 2.45) is 0 Å². The SMILES string of the molecule is Cc1cc(N2CCCC2)ccc1NC(=O)COC(=O)c1c(C)nn2cccnc12. The highest BCUT2D eigenvalue weighted by molar-refractivity contribution is 5.99. The number of anilines is 2. The Balaban J connectivity index is 1.38. The molecule has 3 heterocycles. The number of amides is 1. The van der Waals surface area contributed by atoms with Crippen LogP contribution in [0.2, 0.25) is 0 Å². The maximum absolute atomic E-state index is 12.5. The lowest BCUT2D eigenvalue weighted by atomic mass is 10.1. The maximum atomic E-state index is 12.5. The molecule has 8 heteroatoms. The molecule has 0 atom stereocenters. The molecule has 1 aliphatic rings. The number of hydrogen-bond donors (Lipinski definition) is 1. The number of esters is 1. The Bertz CT molecular complexity index is 1070. The summed E-state index contributed by atoms with van der Waals surface area (Å²) in [5, 5.41) is 7.04. The van der Waals surface area contributed by atoms with Gasteiger partial charge in [-0.3, -0.25) is 4.79 Å². The molecule has 1 N–H and O–H groups in total. The molecule has 0 bridgehead atoms. The summed E-state index contributed by atoms with van der Waals surface area (Å²) in [4.78, 5) is 31.3. The van der Waals surface area contributed by atoms with Crippen LogP contribution in [-0.2, 0) is 9.53 Å². The number of aromatic nitrogens is 3. The first-order valence-electron chi connectivity index (χ1n) is 9.65. The Morgan fingerprint density at radius 2 is 2.00 bits per heavy atom. The van der Waals surface area contributed by atoms with Crippen LogP contribution >= 0.6 is 0 Å². The minimum absolute atomic E-state index is 0.268. The van der Waals surface area contributed by atoms with Crippen molar-refractivity contribution in [3.05, 3.63) is 53.5 Å². The molecule has 1 saturated heterocycles. The number of nitrogens with one attached hydrogen (secondary N) is 1. The quantitative estimate of drug-likeness (QED) is 0.671. The summed E-state index contributed by atoms with van der Waals surface area (Å²) in [6.45, 7) is 5.42. The third-order valence-corrected chi connectivity index (χ3v) is 5.06. The van der Waals surface area contributed by atoms with Gasteiger partial charge in [0.05, 0.1) is 5.69 Å². The van der Waals surface area contributed by atoms with Gasteiger partial charge in [-0.25, -0.2) is 14.3 Å². The van der Waals surface area contributed by atoms with Gasteiger partial charge in [-0.05, 0) is 56.5 Å². The van der Waals surface area contributed by atoms with E-state index < -0.39 is 11.9 Å². The lowest BCUT2D eigenvalue weighted by Gasteiger charge is -2.19. The zero-order chi connectivity index (χ0) is 20.4. The van der Waals surface area contributed by atoms with Gasteiger partial charge >= 0.3 is 5.97 Å². The van der Waals surface area contributed by atoms with E-state index in [2.05, 4.69) is 26.4 Å². The molecular weight excluding hydrogens is 370 g/mol. The van der Waals surface area contributed by atoms with Crippen molar-refractivity contribution in [2.75, 3.05) is 29.9 Å². The molecule has 1 fully saturated rings. The lowest BCUT2D eigenvalue weighted by Crippen LogP contribution is -2.22. The van der Waals surface area contributed by atoms with Crippen molar-refractivity contribution in [1.29, 1.82) is 0 Å². The summed E-state index contributed by atoms with van der Waals surface area (Å²) in [7, 11) is 0. The Morgan fingerprint density at radius 3 is 2.76 bits per heavy atom. The summed E-state index contributed by atoms with van der Waals surface area (Å²) in [6.07, 6.45) is 5.71.